The van der Waals surface area contributed by atoms with Crippen molar-refractivity contribution in [2.45, 2.75) is 37.6 Å². The quantitative estimate of drug-likeness (QED) is 0.854. The van der Waals surface area contributed by atoms with E-state index in [1.54, 1.807) is 0 Å². The van der Waals surface area contributed by atoms with Crippen LogP contribution in [0, 0.1) is 0 Å². The van der Waals surface area contributed by atoms with E-state index in [0.717, 1.165) is 0 Å². The minimum absolute atomic E-state index is 0.00403. The van der Waals surface area contributed by atoms with Crippen molar-refractivity contribution in [2.75, 3.05) is 0 Å². The molecule has 6 nitrogen and oxygen atoms in total. The Labute approximate surface area is 134 Å². The molecule has 0 radical (unpaired) electrons. The Balaban J connectivity index is 1.79. The van der Waals surface area contributed by atoms with Crippen molar-refractivity contribution < 1.29 is 32.7 Å². The number of rotatable bonds is 2. The number of aromatic carboxylic acids is 1. The van der Waals surface area contributed by atoms with Gasteiger partial charge >= 0.3 is 12.1 Å². The van der Waals surface area contributed by atoms with E-state index in [1.165, 1.54) is 23.1 Å². The lowest BCUT2D eigenvalue weighted by atomic mass is 9.98. The first kappa shape index (κ1) is 16.3. The Kier molecular flexibility index (Phi) is 3.73. The Morgan fingerprint density at radius 1 is 1.25 bits per heavy atom. The molecule has 0 aliphatic carbocycles. The van der Waals surface area contributed by atoms with Crippen molar-refractivity contribution >= 4 is 17.8 Å². The minimum atomic E-state index is -4.52. The predicted octanol–water partition coefficient (Wildman–Crippen LogP) is 1.55. The van der Waals surface area contributed by atoms with Crippen molar-refractivity contribution in [2.24, 2.45) is 0 Å². The van der Waals surface area contributed by atoms with Crippen LogP contribution < -0.4 is 5.32 Å². The summed E-state index contributed by atoms with van der Waals surface area (Å²) in [5.74, 6) is -2.47. The molecule has 0 saturated carbocycles. The fourth-order valence-corrected chi connectivity index (χ4v) is 3.07. The maximum atomic E-state index is 12.7. The number of nitrogens with zero attached hydrogens (tertiary/aromatic N) is 1. The van der Waals surface area contributed by atoms with Crippen LogP contribution in [-0.4, -0.2) is 46.1 Å². The van der Waals surface area contributed by atoms with Crippen molar-refractivity contribution in [1.29, 1.82) is 0 Å². The van der Waals surface area contributed by atoms with Crippen LogP contribution in [0.1, 0.15) is 39.1 Å². The lowest BCUT2D eigenvalue weighted by Gasteiger charge is -2.34. The Morgan fingerprint density at radius 2 is 1.96 bits per heavy atom. The Morgan fingerprint density at radius 3 is 2.54 bits per heavy atom. The summed E-state index contributed by atoms with van der Waals surface area (Å²) in [5, 5.41) is 10.9. The molecule has 3 rings (SSSR count). The van der Waals surface area contributed by atoms with E-state index in [4.69, 9.17) is 5.11 Å². The summed E-state index contributed by atoms with van der Waals surface area (Å²) in [4.78, 5) is 36.6. The summed E-state index contributed by atoms with van der Waals surface area (Å²) in [6.45, 7) is 0.00403. The van der Waals surface area contributed by atoms with Gasteiger partial charge in [0.05, 0.1) is 5.56 Å². The predicted molar refractivity (Wildman–Crippen MR) is 74.3 cm³/mol. The third kappa shape index (κ3) is 2.70. The highest BCUT2D eigenvalue weighted by Crippen LogP contribution is 2.32. The lowest BCUT2D eigenvalue weighted by molar-refractivity contribution is -0.170. The van der Waals surface area contributed by atoms with E-state index >= 15 is 0 Å². The zero-order chi connectivity index (χ0) is 17.6. The number of amides is 2. The molecule has 2 aliphatic rings. The van der Waals surface area contributed by atoms with Crippen LogP contribution >= 0.6 is 0 Å². The molecule has 2 N–H and O–H groups in total. The van der Waals surface area contributed by atoms with Crippen molar-refractivity contribution in [3.8, 4) is 0 Å². The molecule has 1 saturated heterocycles. The molecule has 1 aromatic rings. The van der Waals surface area contributed by atoms with Crippen LogP contribution in [-0.2, 0) is 11.3 Å². The van der Waals surface area contributed by atoms with Gasteiger partial charge < -0.3 is 15.3 Å². The summed E-state index contributed by atoms with van der Waals surface area (Å²) in [6, 6.07) is 1.09. The Hall–Kier alpha value is -2.58. The van der Waals surface area contributed by atoms with Crippen LogP contribution in [0.5, 0.6) is 0 Å². The van der Waals surface area contributed by atoms with Gasteiger partial charge in [0.1, 0.15) is 12.1 Å². The zero-order valence-electron chi connectivity index (χ0n) is 12.3. The van der Waals surface area contributed by atoms with E-state index < -0.39 is 36.0 Å². The van der Waals surface area contributed by atoms with Crippen LogP contribution in [0.15, 0.2) is 18.2 Å². The number of carbonyl (C=O) groups excluding carboxylic acids is 2. The van der Waals surface area contributed by atoms with Crippen LogP contribution in [0.2, 0.25) is 0 Å². The van der Waals surface area contributed by atoms with E-state index in [0.29, 0.717) is 5.56 Å². The summed E-state index contributed by atoms with van der Waals surface area (Å²) in [5.41, 5.74) is 0.727. The summed E-state index contributed by atoms with van der Waals surface area (Å²) in [6.07, 6.45) is -4.92. The van der Waals surface area contributed by atoms with Gasteiger partial charge in [0.25, 0.3) is 5.91 Å². The third-order valence-electron chi connectivity index (χ3n) is 4.30. The molecule has 2 unspecified atom stereocenters. The van der Waals surface area contributed by atoms with Crippen molar-refractivity contribution in [1.82, 2.24) is 10.2 Å². The number of carbonyl (C=O) groups is 3. The fraction of sp³-hybridized carbons (Fsp3) is 0.400. The molecule has 2 aliphatic heterocycles. The largest absolute Gasteiger partial charge is 0.478 e. The highest BCUT2D eigenvalue weighted by molar-refractivity contribution is 6.02. The number of nitrogens with one attached hydrogen (secondary N) is 1. The number of carboxylic acids is 1. The molecule has 2 amide bonds. The topological polar surface area (TPSA) is 86.7 Å². The van der Waals surface area contributed by atoms with E-state index in [9.17, 15) is 27.6 Å². The number of fused-ring (bicyclic) bond motifs is 1. The van der Waals surface area contributed by atoms with Crippen molar-refractivity contribution in [3.05, 3.63) is 34.9 Å². The molecule has 2 heterocycles. The van der Waals surface area contributed by atoms with Gasteiger partial charge in [0.2, 0.25) is 5.91 Å². The average molecular weight is 342 g/mol. The van der Waals surface area contributed by atoms with E-state index in [2.05, 4.69) is 0 Å². The summed E-state index contributed by atoms with van der Waals surface area (Å²) >= 11 is 0. The van der Waals surface area contributed by atoms with Gasteiger partial charge in [0.15, 0.2) is 0 Å². The van der Waals surface area contributed by atoms with Crippen LogP contribution in [0.25, 0.3) is 0 Å². The summed E-state index contributed by atoms with van der Waals surface area (Å²) < 4.78 is 38.0. The van der Waals surface area contributed by atoms with Gasteiger partial charge in [-0.25, -0.2) is 4.79 Å². The maximum Gasteiger partial charge on any atom is 0.408 e. The number of benzene rings is 1. The van der Waals surface area contributed by atoms with Crippen LogP contribution in [0.4, 0.5) is 13.2 Å². The molecule has 0 bridgehead atoms. The first-order valence-electron chi connectivity index (χ1n) is 7.23. The molecule has 128 valence electrons. The molecule has 0 spiro atoms. The number of piperidine rings is 1. The Bertz CT molecular complexity index is 732. The SMILES string of the molecule is O=C(O)c1ccc2c(c1)CN(C1CCC(C(F)(F)F)NC1=O)C2=O. The van der Waals surface area contributed by atoms with Crippen LogP contribution in [0.3, 0.4) is 0 Å². The summed E-state index contributed by atoms with van der Waals surface area (Å²) in [7, 11) is 0. The van der Waals surface area contributed by atoms with Gasteiger partial charge in [-0.3, -0.25) is 9.59 Å². The zero-order valence-corrected chi connectivity index (χ0v) is 12.3. The minimum Gasteiger partial charge on any atom is -0.478 e. The van der Waals surface area contributed by atoms with Gasteiger partial charge in [-0.05, 0) is 36.6 Å². The average Bonchev–Trinajstić information content (AvgIpc) is 2.82. The first-order valence-corrected chi connectivity index (χ1v) is 7.23. The number of carboxylic acid groups (broad SMARTS) is 1. The normalized spacial score (nSPS) is 23.9. The molecule has 24 heavy (non-hydrogen) atoms. The van der Waals surface area contributed by atoms with Crippen molar-refractivity contribution in [3.63, 3.8) is 0 Å². The van der Waals surface area contributed by atoms with Gasteiger partial charge in [-0.15, -0.1) is 0 Å². The number of halogens is 3. The standard InChI is InChI=1S/C15H13F3N2O4/c16-15(17,18)11-4-3-10(12(21)19-11)20-6-8-5-7(14(23)24)1-2-9(8)13(20)22/h1-2,5,10-11H,3-4,6H2,(H,19,21)(H,23,24). The van der Waals surface area contributed by atoms with Gasteiger partial charge in [0, 0.05) is 12.1 Å². The molecule has 1 aromatic carbocycles. The van der Waals surface area contributed by atoms with E-state index in [-0.39, 0.29) is 30.5 Å². The highest BCUT2D eigenvalue weighted by atomic mass is 19.4. The maximum absolute atomic E-state index is 12.7. The molecule has 9 heteroatoms. The van der Waals surface area contributed by atoms with Gasteiger partial charge in [-0.2, -0.15) is 13.2 Å². The van der Waals surface area contributed by atoms with Gasteiger partial charge in [-0.1, -0.05) is 0 Å². The number of hydrogen-bond donors (Lipinski definition) is 2. The molecule has 2 atom stereocenters. The number of hydrogen-bond acceptors (Lipinski definition) is 3. The highest BCUT2D eigenvalue weighted by Gasteiger charge is 2.47. The monoisotopic (exact) mass is 342 g/mol. The number of alkyl halides is 3. The van der Waals surface area contributed by atoms with E-state index in [1.807, 2.05) is 5.32 Å². The second kappa shape index (κ2) is 5.50. The second-order valence-corrected chi connectivity index (χ2v) is 5.81. The molecular weight excluding hydrogens is 329 g/mol. The third-order valence-corrected chi connectivity index (χ3v) is 4.30. The molecule has 0 aromatic heterocycles. The fourth-order valence-electron chi connectivity index (χ4n) is 3.07. The molecular formula is C15H13F3N2O4. The smallest absolute Gasteiger partial charge is 0.408 e. The second-order valence-electron chi connectivity index (χ2n) is 5.81. The lowest BCUT2D eigenvalue weighted by Crippen LogP contribution is -2.58. The first-order chi connectivity index (χ1) is 11.2. The molecule has 1 fully saturated rings.